The molecule has 0 radical (unpaired) electrons. The van der Waals surface area contributed by atoms with Crippen LogP contribution < -0.4 is 0 Å². The Morgan fingerprint density at radius 2 is 1.62 bits per heavy atom. The molecule has 2 atom stereocenters. The highest BCUT2D eigenvalue weighted by molar-refractivity contribution is 4.61. The molecule has 0 aliphatic carbocycles. The first kappa shape index (κ1) is 13.0. The summed E-state index contributed by atoms with van der Waals surface area (Å²) in [7, 11) is 0. The van der Waals surface area contributed by atoms with Crippen LogP contribution in [-0.4, -0.2) is 11.2 Å². The maximum atomic E-state index is 9.43. The fourth-order valence-corrected chi connectivity index (χ4v) is 1.68. The highest BCUT2D eigenvalue weighted by Gasteiger charge is 2.08. The summed E-state index contributed by atoms with van der Waals surface area (Å²) in [6, 6.07) is 0. The first-order valence-electron chi connectivity index (χ1n) is 5.92. The van der Waals surface area contributed by atoms with E-state index in [-0.39, 0.29) is 6.10 Å². The lowest BCUT2D eigenvalue weighted by Crippen LogP contribution is -2.08. The molecule has 0 bridgehead atoms. The minimum absolute atomic E-state index is 0.0596. The summed E-state index contributed by atoms with van der Waals surface area (Å²) in [5.74, 6) is 0.848. The van der Waals surface area contributed by atoms with Gasteiger partial charge in [0.1, 0.15) is 0 Å². The first-order valence-corrected chi connectivity index (χ1v) is 5.92. The SMILES string of the molecule is CCCC[C@H](CC)CC[C@@H](O)CC. The van der Waals surface area contributed by atoms with E-state index < -0.39 is 0 Å². The average Bonchev–Trinajstić information content (AvgIpc) is 2.17. The smallest absolute Gasteiger partial charge is 0.0537 e. The third-order valence-corrected chi connectivity index (χ3v) is 2.92. The van der Waals surface area contributed by atoms with Gasteiger partial charge in [0.25, 0.3) is 0 Å². The van der Waals surface area contributed by atoms with Gasteiger partial charge in [0.05, 0.1) is 6.10 Å². The van der Waals surface area contributed by atoms with Gasteiger partial charge >= 0.3 is 0 Å². The Labute approximate surface area is 83.5 Å². The van der Waals surface area contributed by atoms with Crippen LogP contribution in [0.25, 0.3) is 0 Å². The average molecular weight is 186 g/mol. The van der Waals surface area contributed by atoms with Crippen molar-refractivity contribution in [2.24, 2.45) is 5.92 Å². The van der Waals surface area contributed by atoms with Crippen molar-refractivity contribution in [1.82, 2.24) is 0 Å². The normalized spacial score (nSPS) is 15.7. The Bertz CT molecular complexity index is 101. The van der Waals surface area contributed by atoms with Crippen molar-refractivity contribution < 1.29 is 5.11 Å². The molecule has 0 heterocycles. The van der Waals surface area contributed by atoms with Crippen LogP contribution in [0.2, 0.25) is 0 Å². The molecule has 1 heteroatoms. The Kier molecular flexibility index (Phi) is 8.53. The molecular formula is C12H26O. The molecule has 0 saturated carbocycles. The monoisotopic (exact) mass is 186 g/mol. The van der Waals surface area contributed by atoms with Gasteiger partial charge in [-0.2, -0.15) is 0 Å². The largest absolute Gasteiger partial charge is 0.393 e. The lowest BCUT2D eigenvalue weighted by molar-refractivity contribution is 0.148. The molecule has 0 aliphatic rings. The molecule has 1 nitrogen and oxygen atoms in total. The van der Waals surface area contributed by atoms with E-state index in [1.54, 1.807) is 0 Å². The molecule has 13 heavy (non-hydrogen) atoms. The van der Waals surface area contributed by atoms with Crippen LogP contribution in [0.3, 0.4) is 0 Å². The van der Waals surface area contributed by atoms with E-state index in [4.69, 9.17) is 0 Å². The van der Waals surface area contributed by atoms with Gasteiger partial charge in [-0.25, -0.2) is 0 Å². The molecule has 0 aromatic carbocycles. The van der Waals surface area contributed by atoms with Crippen LogP contribution in [0.15, 0.2) is 0 Å². The van der Waals surface area contributed by atoms with Gasteiger partial charge in [0.2, 0.25) is 0 Å². The summed E-state index contributed by atoms with van der Waals surface area (Å²) in [5.41, 5.74) is 0. The maximum absolute atomic E-state index is 9.43. The van der Waals surface area contributed by atoms with Crippen molar-refractivity contribution in [2.75, 3.05) is 0 Å². The van der Waals surface area contributed by atoms with E-state index in [1.165, 1.54) is 32.1 Å². The molecule has 0 fully saturated rings. The highest BCUT2D eigenvalue weighted by atomic mass is 16.3. The fraction of sp³-hybridized carbons (Fsp3) is 1.00. The molecule has 1 N–H and O–H groups in total. The molecule has 0 aromatic rings. The molecule has 0 rings (SSSR count). The Hall–Kier alpha value is -0.0400. The van der Waals surface area contributed by atoms with E-state index in [2.05, 4.69) is 20.8 Å². The van der Waals surface area contributed by atoms with Crippen LogP contribution in [0.5, 0.6) is 0 Å². The van der Waals surface area contributed by atoms with Crippen molar-refractivity contribution in [3.8, 4) is 0 Å². The van der Waals surface area contributed by atoms with Crippen molar-refractivity contribution in [2.45, 2.75) is 71.8 Å². The zero-order valence-corrected chi connectivity index (χ0v) is 9.55. The van der Waals surface area contributed by atoms with Crippen molar-refractivity contribution >= 4 is 0 Å². The minimum atomic E-state index is -0.0596. The van der Waals surface area contributed by atoms with E-state index in [0.29, 0.717) is 0 Å². The van der Waals surface area contributed by atoms with E-state index >= 15 is 0 Å². The van der Waals surface area contributed by atoms with E-state index in [1.807, 2.05) is 0 Å². The topological polar surface area (TPSA) is 20.2 Å². The zero-order chi connectivity index (χ0) is 10.1. The molecule has 0 unspecified atom stereocenters. The maximum Gasteiger partial charge on any atom is 0.0537 e. The van der Waals surface area contributed by atoms with Crippen LogP contribution in [0.4, 0.5) is 0 Å². The second-order valence-electron chi connectivity index (χ2n) is 4.06. The minimum Gasteiger partial charge on any atom is -0.393 e. The Morgan fingerprint density at radius 3 is 2.08 bits per heavy atom. The quantitative estimate of drug-likeness (QED) is 0.612. The Balaban J connectivity index is 3.46. The summed E-state index contributed by atoms with van der Waals surface area (Å²) >= 11 is 0. The number of hydrogen-bond donors (Lipinski definition) is 1. The van der Waals surface area contributed by atoms with E-state index in [9.17, 15) is 5.11 Å². The predicted molar refractivity (Wildman–Crippen MR) is 58.8 cm³/mol. The summed E-state index contributed by atoms with van der Waals surface area (Å²) in [4.78, 5) is 0. The lowest BCUT2D eigenvalue weighted by atomic mass is 9.93. The van der Waals surface area contributed by atoms with Crippen LogP contribution in [0, 0.1) is 5.92 Å². The molecule has 0 amide bonds. The van der Waals surface area contributed by atoms with Gasteiger partial charge in [-0.3, -0.25) is 0 Å². The van der Waals surface area contributed by atoms with Crippen LogP contribution >= 0.6 is 0 Å². The summed E-state index contributed by atoms with van der Waals surface area (Å²) in [6.45, 7) is 6.56. The van der Waals surface area contributed by atoms with Crippen molar-refractivity contribution in [3.63, 3.8) is 0 Å². The second kappa shape index (κ2) is 8.55. The van der Waals surface area contributed by atoms with Crippen LogP contribution in [0.1, 0.15) is 65.7 Å². The number of aliphatic hydroxyl groups is 1. The number of unbranched alkanes of at least 4 members (excludes halogenated alkanes) is 1. The van der Waals surface area contributed by atoms with Gasteiger partial charge < -0.3 is 5.11 Å². The summed E-state index contributed by atoms with van der Waals surface area (Å²) < 4.78 is 0. The van der Waals surface area contributed by atoms with Gasteiger partial charge in [-0.05, 0) is 25.2 Å². The molecule has 0 aliphatic heterocycles. The van der Waals surface area contributed by atoms with Gasteiger partial charge in [-0.1, -0.05) is 46.5 Å². The van der Waals surface area contributed by atoms with Gasteiger partial charge in [0, 0.05) is 0 Å². The lowest BCUT2D eigenvalue weighted by Gasteiger charge is -2.15. The molecular weight excluding hydrogens is 160 g/mol. The van der Waals surface area contributed by atoms with Gasteiger partial charge in [-0.15, -0.1) is 0 Å². The summed E-state index contributed by atoms with van der Waals surface area (Å²) in [5, 5.41) is 9.43. The standard InChI is InChI=1S/C12H26O/c1-4-7-8-11(5-2)9-10-12(13)6-3/h11-13H,4-10H2,1-3H3/t11-,12-/m0/s1. The number of rotatable bonds is 8. The molecule has 0 spiro atoms. The second-order valence-corrected chi connectivity index (χ2v) is 4.06. The molecule has 0 saturated heterocycles. The van der Waals surface area contributed by atoms with Crippen molar-refractivity contribution in [1.29, 1.82) is 0 Å². The highest BCUT2D eigenvalue weighted by Crippen LogP contribution is 2.19. The zero-order valence-electron chi connectivity index (χ0n) is 9.55. The molecule has 80 valence electrons. The third kappa shape index (κ3) is 7.06. The van der Waals surface area contributed by atoms with Gasteiger partial charge in [0.15, 0.2) is 0 Å². The first-order chi connectivity index (χ1) is 6.24. The van der Waals surface area contributed by atoms with Crippen LogP contribution in [-0.2, 0) is 0 Å². The number of aliphatic hydroxyl groups excluding tert-OH is 1. The molecule has 0 aromatic heterocycles. The third-order valence-electron chi connectivity index (χ3n) is 2.92. The van der Waals surface area contributed by atoms with E-state index in [0.717, 1.165) is 18.8 Å². The fourth-order valence-electron chi connectivity index (χ4n) is 1.68. The predicted octanol–water partition coefficient (Wildman–Crippen LogP) is 3.75. The summed E-state index contributed by atoms with van der Waals surface area (Å²) in [6.07, 6.45) is 8.33. The number of hydrogen-bond acceptors (Lipinski definition) is 1. The van der Waals surface area contributed by atoms with Crippen molar-refractivity contribution in [3.05, 3.63) is 0 Å². The Morgan fingerprint density at radius 1 is 0.923 bits per heavy atom.